The van der Waals surface area contributed by atoms with E-state index in [1.807, 2.05) is 30.3 Å². The van der Waals surface area contributed by atoms with E-state index in [2.05, 4.69) is 20.8 Å². The lowest BCUT2D eigenvalue weighted by atomic mass is 10.1. The van der Waals surface area contributed by atoms with Crippen molar-refractivity contribution in [3.05, 3.63) is 41.5 Å². The number of allylic oxidation sites excluding steroid dienone is 1. The summed E-state index contributed by atoms with van der Waals surface area (Å²) in [5.41, 5.74) is 1.45. The van der Waals surface area contributed by atoms with E-state index in [9.17, 15) is 5.26 Å². The summed E-state index contributed by atoms with van der Waals surface area (Å²) in [7, 11) is 1.63. The molecule has 6 heteroatoms. The van der Waals surface area contributed by atoms with Crippen molar-refractivity contribution in [1.29, 1.82) is 5.26 Å². The quantitative estimate of drug-likeness (QED) is 0.769. The standard InChI is InChI=1S/C17H18N4O.BrH/c1-22-15-7-5-6-13(11-15)10-14(12-18)17-20-19-16-8-3-2-4-9-21(16)17;/h5-7,10-11H,2-4,8-9H2,1H3;1H/b14-10+;. The van der Waals surface area contributed by atoms with E-state index in [0.29, 0.717) is 11.4 Å². The van der Waals surface area contributed by atoms with Crippen molar-refractivity contribution < 1.29 is 4.74 Å². The van der Waals surface area contributed by atoms with Crippen LogP contribution in [0.2, 0.25) is 0 Å². The number of hydrogen-bond acceptors (Lipinski definition) is 4. The summed E-state index contributed by atoms with van der Waals surface area (Å²) in [5.74, 6) is 2.42. The largest absolute Gasteiger partial charge is 0.497 e. The van der Waals surface area contributed by atoms with Crippen molar-refractivity contribution in [2.24, 2.45) is 0 Å². The highest BCUT2D eigenvalue weighted by atomic mass is 79.9. The molecule has 0 radical (unpaired) electrons. The summed E-state index contributed by atoms with van der Waals surface area (Å²) in [4.78, 5) is 0. The van der Waals surface area contributed by atoms with Gasteiger partial charge in [-0.3, -0.25) is 0 Å². The minimum atomic E-state index is 0. The molecular formula is C17H19BrN4O. The lowest BCUT2D eigenvalue weighted by Gasteiger charge is -2.06. The summed E-state index contributed by atoms with van der Waals surface area (Å²) in [5, 5.41) is 18.0. The van der Waals surface area contributed by atoms with Crippen LogP contribution in [0.1, 0.15) is 36.5 Å². The first-order chi connectivity index (χ1) is 10.8. The Bertz CT molecular complexity index is 745. The maximum absolute atomic E-state index is 9.53. The highest BCUT2D eigenvalue weighted by molar-refractivity contribution is 8.93. The first kappa shape index (κ1) is 17.2. The molecule has 1 aliphatic rings. The molecule has 0 aliphatic carbocycles. The van der Waals surface area contributed by atoms with Gasteiger partial charge in [0.1, 0.15) is 17.6 Å². The van der Waals surface area contributed by atoms with Crippen LogP contribution in [-0.4, -0.2) is 21.9 Å². The van der Waals surface area contributed by atoms with E-state index >= 15 is 0 Å². The number of aryl methyl sites for hydroxylation is 1. The summed E-state index contributed by atoms with van der Waals surface area (Å²) in [6.45, 7) is 0.884. The predicted octanol–water partition coefficient (Wildman–Crippen LogP) is 3.66. The molecule has 0 spiro atoms. The van der Waals surface area contributed by atoms with Gasteiger partial charge in [0.05, 0.1) is 12.7 Å². The van der Waals surface area contributed by atoms with E-state index in [4.69, 9.17) is 4.74 Å². The van der Waals surface area contributed by atoms with Gasteiger partial charge in [0, 0.05) is 13.0 Å². The Morgan fingerprint density at radius 1 is 1.30 bits per heavy atom. The van der Waals surface area contributed by atoms with Gasteiger partial charge in [-0.2, -0.15) is 5.26 Å². The molecule has 5 nitrogen and oxygen atoms in total. The number of rotatable bonds is 3. The molecule has 0 fully saturated rings. The molecule has 23 heavy (non-hydrogen) atoms. The number of aromatic nitrogens is 3. The van der Waals surface area contributed by atoms with Gasteiger partial charge in [-0.1, -0.05) is 18.6 Å². The number of ether oxygens (including phenoxy) is 1. The van der Waals surface area contributed by atoms with Gasteiger partial charge in [-0.15, -0.1) is 27.2 Å². The van der Waals surface area contributed by atoms with Crippen LogP contribution in [0.15, 0.2) is 24.3 Å². The number of nitrogens with zero attached hydrogens (tertiary/aromatic N) is 4. The number of hydrogen-bond donors (Lipinski definition) is 0. The van der Waals surface area contributed by atoms with Gasteiger partial charge < -0.3 is 9.30 Å². The van der Waals surface area contributed by atoms with Crippen LogP contribution in [0.4, 0.5) is 0 Å². The molecule has 0 atom stereocenters. The third-order valence-corrected chi connectivity index (χ3v) is 3.88. The zero-order chi connectivity index (χ0) is 15.4. The Kier molecular flexibility index (Phi) is 5.94. The lowest BCUT2D eigenvalue weighted by molar-refractivity contribution is 0.414. The molecule has 120 valence electrons. The van der Waals surface area contributed by atoms with Crippen molar-refractivity contribution in [3.63, 3.8) is 0 Å². The zero-order valence-corrected chi connectivity index (χ0v) is 14.7. The Morgan fingerprint density at radius 2 is 2.17 bits per heavy atom. The molecule has 1 aromatic carbocycles. The van der Waals surface area contributed by atoms with Crippen LogP contribution >= 0.6 is 17.0 Å². The minimum absolute atomic E-state index is 0. The number of benzene rings is 1. The molecule has 0 amide bonds. The monoisotopic (exact) mass is 374 g/mol. The second-order valence-corrected chi connectivity index (χ2v) is 5.35. The van der Waals surface area contributed by atoms with Crippen LogP contribution in [0.25, 0.3) is 11.6 Å². The summed E-state index contributed by atoms with van der Waals surface area (Å²) < 4.78 is 7.31. The van der Waals surface area contributed by atoms with Crippen molar-refractivity contribution >= 4 is 28.6 Å². The average molecular weight is 375 g/mol. The second kappa shape index (κ2) is 7.93. The maximum atomic E-state index is 9.53. The molecular weight excluding hydrogens is 356 g/mol. The smallest absolute Gasteiger partial charge is 0.174 e. The summed E-state index contributed by atoms with van der Waals surface area (Å²) >= 11 is 0. The number of methoxy groups -OCH3 is 1. The van der Waals surface area contributed by atoms with Crippen LogP contribution in [0, 0.1) is 11.3 Å². The zero-order valence-electron chi connectivity index (χ0n) is 13.0. The summed E-state index contributed by atoms with van der Waals surface area (Å²) in [6, 6.07) is 9.89. The van der Waals surface area contributed by atoms with Gasteiger partial charge in [0.25, 0.3) is 0 Å². The van der Waals surface area contributed by atoms with Crippen LogP contribution in [0.5, 0.6) is 5.75 Å². The normalized spacial score (nSPS) is 14.2. The predicted molar refractivity (Wildman–Crippen MR) is 94.4 cm³/mol. The molecule has 0 saturated heterocycles. The van der Waals surface area contributed by atoms with Gasteiger partial charge in [0.15, 0.2) is 5.82 Å². The highest BCUT2D eigenvalue weighted by Gasteiger charge is 2.17. The van der Waals surface area contributed by atoms with Gasteiger partial charge in [0.2, 0.25) is 0 Å². The Balaban J connectivity index is 0.00000192. The van der Waals surface area contributed by atoms with E-state index in [-0.39, 0.29) is 17.0 Å². The molecule has 0 N–H and O–H groups in total. The van der Waals surface area contributed by atoms with Crippen molar-refractivity contribution in [1.82, 2.24) is 14.8 Å². The molecule has 0 unspecified atom stereocenters. The van der Waals surface area contributed by atoms with Gasteiger partial charge in [-0.05, 0) is 36.6 Å². The Morgan fingerprint density at radius 3 is 2.96 bits per heavy atom. The van der Waals surface area contributed by atoms with E-state index in [1.54, 1.807) is 7.11 Å². The Labute approximate surface area is 146 Å². The molecule has 3 rings (SSSR count). The number of fused-ring (bicyclic) bond motifs is 1. The van der Waals surface area contributed by atoms with Crippen molar-refractivity contribution in [3.8, 4) is 11.8 Å². The van der Waals surface area contributed by atoms with Gasteiger partial charge >= 0.3 is 0 Å². The first-order valence-electron chi connectivity index (χ1n) is 7.50. The molecule has 2 aromatic rings. The van der Waals surface area contributed by atoms with Crippen LogP contribution in [0.3, 0.4) is 0 Å². The second-order valence-electron chi connectivity index (χ2n) is 5.35. The molecule has 1 aromatic heterocycles. The third-order valence-electron chi connectivity index (χ3n) is 3.88. The number of halogens is 1. The van der Waals surface area contributed by atoms with Crippen LogP contribution in [-0.2, 0) is 13.0 Å². The minimum Gasteiger partial charge on any atom is -0.497 e. The number of nitriles is 1. The lowest BCUT2D eigenvalue weighted by Crippen LogP contribution is -2.05. The fraction of sp³-hybridized carbons (Fsp3) is 0.353. The van der Waals surface area contributed by atoms with Crippen molar-refractivity contribution in [2.75, 3.05) is 7.11 Å². The summed E-state index contributed by atoms with van der Waals surface area (Å²) in [6.07, 6.45) is 6.22. The molecule has 2 heterocycles. The van der Waals surface area contributed by atoms with E-state index in [1.165, 1.54) is 6.42 Å². The van der Waals surface area contributed by atoms with E-state index < -0.39 is 0 Å². The fourth-order valence-electron chi connectivity index (χ4n) is 2.73. The van der Waals surface area contributed by atoms with E-state index in [0.717, 1.165) is 42.9 Å². The van der Waals surface area contributed by atoms with Crippen LogP contribution < -0.4 is 4.74 Å². The molecule has 0 bridgehead atoms. The topological polar surface area (TPSA) is 63.7 Å². The van der Waals surface area contributed by atoms with Crippen molar-refractivity contribution in [2.45, 2.75) is 32.2 Å². The first-order valence-corrected chi connectivity index (χ1v) is 7.50. The molecule has 1 aliphatic heterocycles. The fourth-order valence-corrected chi connectivity index (χ4v) is 2.73. The Hall–Kier alpha value is -2.13. The average Bonchev–Trinajstić information content (AvgIpc) is 2.81. The highest BCUT2D eigenvalue weighted by Crippen LogP contribution is 2.22. The maximum Gasteiger partial charge on any atom is 0.174 e. The van der Waals surface area contributed by atoms with Gasteiger partial charge in [-0.25, -0.2) is 0 Å². The molecule has 0 saturated carbocycles. The SMILES string of the molecule is Br.COc1cccc(/C=C(\C#N)c2nnc3n2CCCCC3)c1. The third kappa shape index (κ3) is 3.80.